The van der Waals surface area contributed by atoms with Crippen LogP contribution in [0, 0.1) is 12.8 Å². The molecule has 0 saturated heterocycles. The van der Waals surface area contributed by atoms with E-state index in [1.165, 1.54) is 4.57 Å². The number of carbonyl (C=O) groups is 1. The zero-order chi connectivity index (χ0) is 13.5. The van der Waals surface area contributed by atoms with Crippen LogP contribution in [0.5, 0.6) is 0 Å². The van der Waals surface area contributed by atoms with Crippen molar-refractivity contribution in [3.8, 4) is 0 Å². The van der Waals surface area contributed by atoms with Crippen molar-refractivity contribution in [2.45, 2.75) is 46.6 Å². The summed E-state index contributed by atoms with van der Waals surface area (Å²) in [6.07, 6.45) is 3.12. The van der Waals surface area contributed by atoms with Crippen LogP contribution >= 0.6 is 11.3 Å². The molecule has 0 aliphatic heterocycles. The highest BCUT2D eigenvalue weighted by molar-refractivity contribution is 7.07. The van der Waals surface area contributed by atoms with Gasteiger partial charge in [0.2, 0.25) is 0 Å². The number of thiazole rings is 1. The average molecular weight is 271 g/mol. The van der Waals surface area contributed by atoms with Crippen LogP contribution in [0.25, 0.3) is 0 Å². The van der Waals surface area contributed by atoms with Gasteiger partial charge in [0.15, 0.2) is 0 Å². The lowest BCUT2D eigenvalue weighted by Crippen LogP contribution is -2.22. The van der Waals surface area contributed by atoms with Crippen molar-refractivity contribution in [3.63, 3.8) is 0 Å². The average Bonchev–Trinajstić information content (AvgIpc) is 2.60. The third kappa shape index (κ3) is 5.04. The van der Waals surface area contributed by atoms with E-state index in [2.05, 4.69) is 13.8 Å². The van der Waals surface area contributed by atoms with Crippen molar-refractivity contribution in [1.29, 1.82) is 0 Å². The molecule has 5 heteroatoms. The Morgan fingerprint density at radius 2 is 2.17 bits per heavy atom. The standard InChI is InChI=1S/C13H21NO3S/c1-10(2)6-4-5-7-17-12(15)8-14-11(3)9-18-13(14)16/h9-10H,4-8H2,1-3H3. The number of aromatic nitrogens is 1. The van der Waals surface area contributed by atoms with E-state index in [-0.39, 0.29) is 17.4 Å². The van der Waals surface area contributed by atoms with Crippen molar-refractivity contribution >= 4 is 17.3 Å². The lowest BCUT2D eigenvalue weighted by Gasteiger charge is -2.07. The molecule has 0 unspecified atom stereocenters. The molecule has 4 nitrogen and oxygen atoms in total. The number of hydrogen-bond donors (Lipinski definition) is 0. The van der Waals surface area contributed by atoms with Gasteiger partial charge < -0.3 is 4.74 Å². The minimum absolute atomic E-state index is 0.0261. The molecule has 1 heterocycles. The van der Waals surface area contributed by atoms with Gasteiger partial charge in [0, 0.05) is 11.1 Å². The Morgan fingerprint density at radius 1 is 1.44 bits per heavy atom. The van der Waals surface area contributed by atoms with Gasteiger partial charge in [-0.15, -0.1) is 0 Å². The maximum absolute atomic E-state index is 11.5. The predicted molar refractivity (Wildman–Crippen MR) is 73.0 cm³/mol. The molecular formula is C13H21NO3S. The lowest BCUT2D eigenvalue weighted by atomic mass is 10.1. The van der Waals surface area contributed by atoms with Gasteiger partial charge in [-0.2, -0.15) is 0 Å². The van der Waals surface area contributed by atoms with Crippen molar-refractivity contribution in [3.05, 3.63) is 20.7 Å². The lowest BCUT2D eigenvalue weighted by molar-refractivity contribution is -0.144. The number of rotatable bonds is 7. The summed E-state index contributed by atoms with van der Waals surface area (Å²) in [4.78, 5) is 22.8. The zero-order valence-electron chi connectivity index (χ0n) is 11.3. The molecule has 0 N–H and O–H groups in total. The van der Waals surface area contributed by atoms with Crippen molar-refractivity contribution in [2.24, 2.45) is 5.92 Å². The maximum Gasteiger partial charge on any atom is 0.326 e. The van der Waals surface area contributed by atoms with Gasteiger partial charge >= 0.3 is 10.8 Å². The summed E-state index contributed by atoms with van der Waals surface area (Å²) in [6, 6.07) is 0. The summed E-state index contributed by atoms with van der Waals surface area (Å²) in [5.41, 5.74) is 0.807. The minimum Gasteiger partial charge on any atom is -0.464 e. The summed E-state index contributed by atoms with van der Waals surface area (Å²) >= 11 is 1.11. The molecule has 102 valence electrons. The monoisotopic (exact) mass is 271 g/mol. The predicted octanol–water partition coefficient (Wildman–Crippen LogP) is 2.59. The molecule has 18 heavy (non-hydrogen) atoms. The molecule has 0 saturated carbocycles. The summed E-state index contributed by atoms with van der Waals surface area (Å²) in [5.74, 6) is 0.357. The minimum atomic E-state index is -0.330. The first kappa shape index (κ1) is 15.0. The third-order valence-corrected chi connectivity index (χ3v) is 3.58. The van der Waals surface area contributed by atoms with Crippen LogP contribution in [-0.2, 0) is 16.1 Å². The van der Waals surface area contributed by atoms with E-state index in [4.69, 9.17) is 4.74 Å². The highest BCUT2D eigenvalue weighted by atomic mass is 32.1. The van der Waals surface area contributed by atoms with Crippen LogP contribution in [0.3, 0.4) is 0 Å². The van der Waals surface area contributed by atoms with Crippen LogP contribution in [0.2, 0.25) is 0 Å². The summed E-state index contributed by atoms with van der Waals surface area (Å²) < 4.78 is 6.56. The fourth-order valence-corrected chi connectivity index (χ4v) is 2.35. The second kappa shape index (κ2) is 7.36. The molecule has 0 atom stereocenters. The number of carbonyl (C=O) groups excluding carboxylic acids is 1. The first-order chi connectivity index (χ1) is 8.50. The number of unbranched alkanes of at least 4 members (excludes halogenated alkanes) is 1. The Kier molecular flexibility index (Phi) is 6.12. The Balaban J connectivity index is 2.24. The van der Waals surface area contributed by atoms with Gasteiger partial charge in [0.1, 0.15) is 6.54 Å². The molecule has 0 amide bonds. The molecule has 1 aromatic heterocycles. The Bertz CT molecular complexity index is 434. The Hall–Kier alpha value is -1.10. The van der Waals surface area contributed by atoms with Gasteiger partial charge in [-0.25, -0.2) is 0 Å². The fourth-order valence-electron chi connectivity index (χ4n) is 1.61. The van der Waals surface area contributed by atoms with E-state index in [0.717, 1.165) is 36.3 Å². The maximum atomic E-state index is 11.5. The topological polar surface area (TPSA) is 48.3 Å². The number of nitrogens with zero attached hydrogens (tertiary/aromatic N) is 1. The van der Waals surface area contributed by atoms with E-state index in [0.29, 0.717) is 12.5 Å². The van der Waals surface area contributed by atoms with Crippen LogP contribution in [0.15, 0.2) is 10.2 Å². The second-order valence-electron chi connectivity index (χ2n) is 4.84. The molecule has 0 radical (unpaired) electrons. The van der Waals surface area contributed by atoms with E-state index >= 15 is 0 Å². The molecule has 0 aliphatic rings. The molecule has 0 bridgehead atoms. The van der Waals surface area contributed by atoms with Crippen LogP contribution in [0.4, 0.5) is 0 Å². The van der Waals surface area contributed by atoms with Crippen molar-refractivity contribution in [2.75, 3.05) is 6.61 Å². The zero-order valence-corrected chi connectivity index (χ0v) is 12.1. The van der Waals surface area contributed by atoms with Crippen LogP contribution in [0.1, 0.15) is 38.8 Å². The number of ether oxygens (including phenoxy) is 1. The smallest absolute Gasteiger partial charge is 0.326 e. The number of hydrogen-bond acceptors (Lipinski definition) is 4. The van der Waals surface area contributed by atoms with Crippen molar-refractivity contribution in [1.82, 2.24) is 4.57 Å². The van der Waals surface area contributed by atoms with Gasteiger partial charge in [0.25, 0.3) is 0 Å². The quantitative estimate of drug-likeness (QED) is 0.565. The van der Waals surface area contributed by atoms with Gasteiger partial charge in [-0.3, -0.25) is 14.2 Å². The molecule has 0 fully saturated rings. The second-order valence-corrected chi connectivity index (χ2v) is 5.66. The molecule has 0 spiro atoms. The van der Waals surface area contributed by atoms with Crippen molar-refractivity contribution < 1.29 is 9.53 Å². The van der Waals surface area contributed by atoms with Gasteiger partial charge in [-0.05, 0) is 25.7 Å². The molecule has 0 aromatic carbocycles. The van der Waals surface area contributed by atoms with E-state index < -0.39 is 0 Å². The van der Waals surface area contributed by atoms with E-state index in [9.17, 15) is 9.59 Å². The Morgan fingerprint density at radius 3 is 2.72 bits per heavy atom. The van der Waals surface area contributed by atoms with Crippen LogP contribution in [-0.4, -0.2) is 17.1 Å². The number of esters is 1. The summed E-state index contributed by atoms with van der Waals surface area (Å²) in [6.45, 7) is 6.64. The highest BCUT2D eigenvalue weighted by Crippen LogP contribution is 2.06. The van der Waals surface area contributed by atoms with Crippen LogP contribution < -0.4 is 4.87 Å². The van der Waals surface area contributed by atoms with Gasteiger partial charge in [-0.1, -0.05) is 31.6 Å². The third-order valence-electron chi connectivity index (χ3n) is 2.70. The Labute approximate surface area is 112 Å². The number of aryl methyl sites for hydroxylation is 1. The molecular weight excluding hydrogens is 250 g/mol. The molecule has 1 aromatic rings. The molecule has 0 aliphatic carbocycles. The summed E-state index contributed by atoms with van der Waals surface area (Å²) in [7, 11) is 0. The normalized spacial score (nSPS) is 10.9. The highest BCUT2D eigenvalue weighted by Gasteiger charge is 2.09. The fraction of sp³-hybridized carbons (Fsp3) is 0.692. The molecule has 1 rings (SSSR count). The first-order valence-corrected chi connectivity index (χ1v) is 7.19. The van der Waals surface area contributed by atoms with Gasteiger partial charge in [0.05, 0.1) is 6.61 Å². The van der Waals surface area contributed by atoms with E-state index in [1.54, 1.807) is 5.38 Å². The SMILES string of the molecule is Cc1csc(=O)n1CC(=O)OCCCCC(C)C. The largest absolute Gasteiger partial charge is 0.464 e. The van der Waals surface area contributed by atoms with E-state index in [1.807, 2.05) is 6.92 Å². The summed E-state index contributed by atoms with van der Waals surface area (Å²) in [5, 5.41) is 1.75. The first-order valence-electron chi connectivity index (χ1n) is 6.31.